The van der Waals surface area contributed by atoms with Crippen molar-refractivity contribution in [2.24, 2.45) is 5.10 Å². The SMILES string of the molecule is O=C(N1N=C(c2ccccc2)C[C@@H]1c1ccccc1O)C(F)(F)F. The average molecular weight is 334 g/mol. The topological polar surface area (TPSA) is 52.9 Å². The standard InChI is InChI=1S/C17H13F3N2O2/c18-17(19,20)16(24)22-14(12-8-4-5-9-15(12)23)10-13(21-22)11-6-2-1-3-7-11/h1-9,14,23H,10H2/t14-/m1/s1. The van der Waals surface area contributed by atoms with Crippen LogP contribution < -0.4 is 0 Å². The fourth-order valence-electron chi connectivity index (χ4n) is 2.64. The summed E-state index contributed by atoms with van der Waals surface area (Å²) in [6, 6.07) is 13.7. The molecular weight excluding hydrogens is 321 g/mol. The monoisotopic (exact) mass is 334 g/mol. The molecule has 0 unspecified atom stereocenters. The number of rotatable bonds is 2. The number of alkyl halides is 3. The van der Waals surface area contributed by atoms with Crippen LogP contribution in [0.4, 0.5) is 13.2 Å². The Labute approximate surface area is 135 Å². The lowest BCUT2D eigenvalue weighted by atomic mass is 9.98. The van der Waals surface area contributed by atoms with Crippen LogP contribution in [0.15, 0.2) is 59.7 Å². The Balaban J connectivity index is 2.03. The minimum Gasteiger partial charge on any atom is -0.508 e. The van der Waals surface area contributed by atoms with Gasteiger partial charge >= 0.3 is 12.1 Å². The number of para-hydroxylation sites is 1. The molecule has 7 heteroatoms. The predicted octanol–water partition coefficient (Wildman–Crippen LogP) is 3.63. The van der Waals surface area contributed by atoms with E-state index in [4.69, 9.17) is 0 Å². The largest absolute Gasteiger partial charge is 0.508 e. The van der Waals surface area contributed by atoms with Gasteiger partial charge in [-0.2, -0.15) is 18.3 Å². The van der Waals surface area contributed by atoms with Crippen molar-refractivity contribution < 1.29 is 23.1 Å². The molecule has 1 N–H and O–H groups in total. The number of carbonyl (C=O) groups is 1. The molecule has 0 aliphatic carbocycles. The van der Waals surface area contributed by atoms with Gasteiger partial charge in [0.25, 0.3) is 0 Å². The van der Waals surface area contributed by atoms with Crippen molar-refractivity contribution in [3.63, 3.8) is 0 Å². The molecule has 0 saturated heterocycles. The molecule has 0 fully saturated rings. The summed E-state index contributed by atoms with van der Waals surface area (Å²) < 4.78 is 38.7. The first-order valence-electron chi connectivity index (χ1n) is 7.19. The van der Waals surface area contributed by atoms with Crippen LogP contribution in [0.2, 0.25) is 0 Å². The van der Waals surface area contributed by atoms with Gasteiger partial charge in [-0.25, -0.2) is 5.01 Å². The third kappa shape index (κ3) is 2.97. The van der Waals surface area contributed by atoms with Gasteiger partial charge in [0.1, 0.15) is 5.75 Å². The maximum absolute atomic E-state index is 12.9. The van der Waals surface area contributed by atoms with Crippen molar-refractivity contribution in [1.82, 2.24) is 5.01 Å². The highest BCUT2D eigenvalue weighted by Crippen LogP contribution is 2.38. The van der Waals surface area contributed by atoms with Crippen molar-refractivity contribution in [1.29, 1.82) is 0 Å². The molecule has 1 aliphatic rings. The zero-order valence-electron chi connectivity index (χ0n) is 12.4. The molecule has 2 aromatic rings. The lowest BCUT2D eigenvalue weighted by molar-refractivity contribution is -0.187. The summed E-state index contributed by atoms with van der Waals surface area (Å²) in [4.78, 5) is 11.8. The summed E-state index contributed by atoms with van der Waals surface area (Å²) in [7, 11) is 0. The van der Waals surface area contributed by atoms with Gasteiger partial charge in [0, 0.05) is 12.0 Å². The van der Waals surface area contributed by atoms with E-state index in [0.717, 1.165) is 0 Å². The molecule has 0 saturated carbocycles. The molecule has 4 nitrogen and oxygen atoms in total. The van der Waals surface area contributed by atoms with Crippen molar-refractivity contribution in [3.05, 3.63) is 65.7 Å². The van der Waals surface area contributed by atoms with E-state index >= 15 is 0 Å². The van der Waals surface area contributed by atoms with Gasteiger partial charge in [-0.05, 0) is 11.6 Å². The van der Waals surface area contributed by atoms with Crippen molar-refractivity contribution in [3.8, 4) is 5.75 Å². The first-order chi connectivity index (χ1) is 11.4. The van der Waals surface area contributed by atoms with E-state index in [1.807, 2.05) is 0 Å². The minimum absolute atomic E-state index is 0.0867. The Morgan fingerprint density at radius 3 is 2.33 bits per heavy atom. The lowest BCUT2D eigenvalue weighted by Crippen LogP contribution is -2.38. The summed E-state index contributed by atoms with van der Waals surface area (Å²) in [6.07, 6.45) is -4.96. The molecule has 0 spiro atoms. The van der Waals surface area contributed by atoms with E-state index in [1.165, 1.54) is 12.1 Å². The van der Waals surface area contributed by atoms with Crippen LogP contribution in [-0.4, -0.2) is 27.9 Å². The van der Waals surface area contributed by atoms with Crippen LogP contribution in [0.1, 0.15) is 23.6 Å². The predicted molar refractivity (Wildman–Crippen MR) is 81.3 cm³/mol. The summed E-state index contributed by atoms with van der Waals surface area (Å²) in [6.45, 7) is 0. The number of phenols is 1. The molecule has 124 valence electrons. The van der Waals surface area contributed by atoms with Gasteiger partial charge in [-0.3, -0.25) is 4.79 Å². The second kappa shape index (κ2) is 5.99. The molecular formula is C17H13F3N2O2. The van der Waals surface area contributed by atoms with E-state index in [1.54, 1.807) is 42.5 Å². The van der Waals surface area contributed by atoms with Crippen LogP contribution in [-0.2, 0) is 4.79 Å². The Hall–Kier alpha value is -2.83. The van der Waals surface area contributed by atoms with Gasteiger partial charge in [0.15, 0.2) is 0 Å². The van der Waals surface area contributed by atoms with Crippen LogP contribution >= 0.6 is 0 Å². The molecule has 1 amide bonds. The van der Waals surface area contributed by atoms with E-state index in [-0.39, 0.29) is 17.7 Å². The Morgan fingerprint density at radius 2 is 1.71 bits per heavy atom. The molecule has 24 heavy (non-hydrogen) atoms. The maximum atomic E-state index is 12.9. The number of aromatic hydroxyl groups is 1. The Kier molecular flexibility index (Phi) is 4.01. The molecule has 0 bridgehead atoms. The van der Waals surface area contributed by atoms with Crippen LogP contribution in [0.25, 0.3) is 0 Å². The molecule has 0 radical (unpaired) electrons. The van der Waals surface area contributed by atoms with Crippen molar-refractivity contribution in [2.45, 2.75) is 18.6 Å². The second-order valence-electron chi connectivity index (χ2n) is 5.34. The minimum atomic E-state index is -5.04. The number of hydrazone groups is 1. The fraction of sp³-hybridized carbons (Fsp3) is 0.176. The smallest absolute Gasteiger partial charge is 0.473 e. The molecule has 3 rings (SSSR count). The quantitative estimate of drug-likeness (QED) is 0.912. The summed E-state index contributed by atoms with van der Waals surface area (Å²) >= 11 is 0. The van der Waals surface area contributed by atoms with E-state index in [2.05, 4.69) is 5.10 Å². The summed E-state index contributed by atoms with van der Waals surface area (Å²) in [5, 5.41) is 14.3. The first kappa shape index (κ1) is 16.0. The first-order valence-corrected chi connectivity index (χ1v) is 7.19. The number of halogens is 3. The molecule has 1 heterocycles. The van der Waals surface area contributed by atoms with Gasteiger partial charge in [0.2, 0.25) is 0 Å². The van der Waals surface area contributed by atoms with Crippen LogP contribution in [0.5, 0.6) is 5.75 Å². The number of phenolic OH excluding ortho intramolecular Hbond substituents is 1. The summed E-state index contributed by atoms with van der Waals surface area (Å²) in [5.74, 6) is -2.23. The van der Waals surface area contributed by atoms with Gasteiger partial charge in [0.05, 0.1) is 11.8 Å². The number of hydrogen-bond donors (Lipinski definition) is 1. The van der Waals surface area contributed by atoms with Crippen molar-refractivity contribution >= 4 is 11.6 Å². The highest BCUT2D eigenvalue weighted by Gasteiger charge is 2.48. The zero-order chi connectivity index (χ0) is 17.3. The van der Waals surface area contributed by atoms with Crippen LogP contribution in [0, 0.1) is 0 Å². The van der Waals surface area contributed by atoms with Gasteiger partial charge in [-0.1, -0.05) is 48.5 Å². The van der Waals surface area contributed by atoms with E-state index < -0.39 is 18.1 Å². The number of hydrogen-bond acceptors (Lipinski definition) is 3. The average Bonchev–Trinajstić information content (AvgIpc) is 2.99. The summed E-state index contributed by atoms with van der Waals surface area (Å²) in [5.41, 5.74) is 1.22. The number of amides is 1. The second-order valence-corrected chi connectivity index (χ2v) is 5.34. The highest BCUT2D eigenvalue weighted by molar-refractivity contribution is 6.03. The lowest BCUT2D eigenvalue weighted by Gasteiger charge is -2.23. The highest BCUT2D eigenvalue weighted by atomic mass is 19.4. The third-order valence-electron chi connectivity index (χ3n) is 3.76. The van der Waals surface area contributed by atoms with Crippen molar-refractivity contribution in [2.75, 3.05) is 0 Å². The third-order valence-corrected chi connectivity index (χ3v) is 3.76. The molecule has 2 aromatic carbocycles. The maximum Gasteiger partial charge on any atom is 0.473 e. The fourth-order valence-corrected chi connectivity index (χ4v) is 2.64. The number of carbonyl (C=O) groups excluding carboxylic acids is 1. The van der Waals surface area contributed by atoms with Crippen LogP contribution in [0.3, 0.4) is 0 Å². The Morgan fingerprint density at radius 1 is 1.08 bits per heavy atom. The normalized spacial score (nSPS) is 17.7. The number of nitrogens with zero attached hydrogens (tertiary/aromatic N) is 2. The van der Waals surface area contributed by atoms with E-state index in [9.17, 15) is 23.1 Å². The number of benzene rings is 2. The van der Waals surface area contributed by atoms with E-state index in [0.29, 0.717) is 16.3 Å². The van der Waals surface area contributed by atoms with Gasteiger partial charge in [-0.15, -0.1) is 0 Å². The molecule has 1 atom stereocenters. The molecule has 1 aliphatic heterocycles. The van der Waals surface area contributed by atoms with Gasteiger partial charge < -0.3 is 5.11 Å². The Bertz CT molecular complexity index is 788. The zero-order valence-corrected chi connectivity index (χ0v) is 12.4. The molecule has 0 aromatic heterocycles.